The van der Waals surface area contributed by atoms with E-state index in [1.54, 1.807) is 10.9 Å². The molecule has 0 aliphatic carbocycles. The number of nitrogens with zero attached hydrogens (tertiary/aromatic N) is 4. The molecule has 0 spiro atoms. The van der Waals surface area contributed by atoms with Crippen molar-refractivity contribution in [1.29, 1.82) is 0 Å². The highest BCUT2D eigenvalue weighted by Crippen LogP contribution is 2.21. The maximum Gasteiger partial charge on any atom is 0.149 e. The van der Waals surface area contributed by atoms with Gasteiger partial charge in [0.2, 0.25) is 0 Å². The maximum absolute atomic E-state index is 8.00. The third-order valence-electron chi connectivity index (χ3n) is 4.44. The largest absolute Gasteiger partial charge is 0.371 e. The fourth-order valence-electron chi connectivity index (χ4n) is 2.96. The molecule has 1 atom stereocenters. The van der Waals surface area contributed by atoms with Gasteiger partial charge < -0.3 is 20.7 Å². The summed E-state index contributed by atoms with van der Waals surface area (Å²) in [5.41, 5.74) is 4.83. The van der Waals surface area contributed by atoms with Crippen molar-refractivity contribution in [1.82, 2.24) is 25.1 Å². The predicted octanol–water partition coefficient (Wildman–Crippen LogP) is 4.52. The fraction of sp³-hybridized carbons (Fsp3) is 0.333. The summed E-state index contributed by atoms with van der Waals surface area (Å²) in [5.74, 6) is 0.801. The van der Waals surface area contributed by atoms with Crippen LogP contribution in [0.5, 0.6) is 0 Å². The van der Waals surface area contributed by atoms with Gasteiger partial charge in [-0.3, -0.25) is 4.98 Å². The van der Waals surface area contributed by atoms with Gasteiger partial charge in [0.15, 0.2) is 0 Å². The molecule has 0 aliphatic rings. The van der Waals surface area contributed by atoms with E-state index >= 15 is 0 Å². The van der Waals surface area contributed by atoms with Crippen LogP contribution in [-0.2, 0) is 4.79 Å². The quantitative estimate of drug-likeness (QED) is 0.453. The molecule has 0 amide bonds. The van der Waals surface area contributed by atoms with Gasteiger partial charge in [0, 0.05) is 43.9 Å². The molecule has 0 aliphatic heterocycles. The Bertz CT molecular complexity index is 924. The molecular weight excluding hydrogens is 402 g/mol. The number of aromatic nitrogens is 4. The second-order valence-electron chi connectivity index (χ2n) is 6.62. The maximum atomic E-state index is 8.00. The van der Waals surface area contributed by atoms with E-state index in [4.69, 9.17) is 4.79 Å². The summed E-state index contributed by atoms with van der Waals surface area (Å²) in [6.07, 6.45) is 8.27. The standard InChI is InChI=1S/C21H27N7.C2H6.CH2O/c1-5-18(19-8-7-17(14-24-19)28-10-6-9-26-28)23-13-16(3)27-20-11-15(2)12-25-21(20)22-4;2*1-2/h6-12,14,18,23,27H,3,5,13H2,1-2,4H3,(H,22,25);1-2H3;1H2. The number of rotatable bonds is 9. The number of nitrogens with one attached hydrogen (secondary N) is 3. The Hall–Kier alpha value is -3.52. The number of carbonyl (C=O) groups is 1. The second-order valence-corrected chi connectivity index (χ2v) is 6.62. The van der Waals surface area contributed by atoms with E-state index in [0.717, 1.165) is 40.6 Å². The van der Waals surface area contributed by atoms with E-state index < -0.39 is 0 Å². The number of aryl methyl sites for hydroxylation is 1. The minimum Gasteiger partial charge on any atom is -0.371 e. The van der Waals surface area contributed by atoms with Gasteiger partial charge in [-0.1, -0.05) is 27.4 Å². The Kier molecular flexibility index (Phi) is 12.0. The van der Waals surface area contributed by atoms with Gasteiger partial charge in [-0.15, -0.1) is 0 Å². The Labute approximate surface area is 191 Å². The average molecular weight is 438 g/mol. The van der Waals surface area contributed by atoms with Gasteiger partial charge in [0.05, 0.1) is 23.3 Å². The number of anilines is 2. The molecule has 3 aromatic heterocycles. The lowest BCUT2D eigenvalue weighted by molar-refractivity contribution is -0.0979. The van der Waals surface area contributed by atoms with Crippen LogP contribution in [-0.4, -0.2) is 40.1 Å². The third kappa shape index (κ3) is 7.63. The van der Waals surface area contributed by atoms with Crippen molar-refractivity contribution >= 4 is 18.3 Å². The van der Waals surface area contributed by atoms with Gasteiger partial charge in [0.1, 0.15) is 12.6 Å². The zero-order chi connectivity index (χ0) is 23.9. The Morgan fingerprint density at radius 1 is 1.19 bits per heavy atom. The van der Waals surface area contributed by atoms with E-state index in [1.165, 1.54) is 0 Å². The molecule has 0 aromatic carbocycles. The molecule has 3 N–H and O–H groups in total. The van der Waals surface area contributed by atoms with E-state index in [9.17, 15) is 0 Å². The number of pyridine rings is 2. The van der Waals surface area contributed by atoms with Crippen LogP contribution in [0.3, 0.4) is 0 Å². The smallest absolute Gasteiger partial charge is 0.149 e. The van der Waals surface area contributed by atoms with Gasteiger partial charge in [-0.25, -0.2) is 9.67 Å². The first kappa shape index (κ1) is 26.5. The SMILES string of the molecule is C=C(CNC(CC)c1ccc(-n2cccn2)cn1)Nc1cc(C)cnc1NC.C=O.CC. The highest BCUT2D eigenvalue weighted by Gasteiger charge is 2.12. The molecule has 1 unspecified atom stereocenters. The van der Waals surface area contributed by atoms with Crippen molar-refractivity contribution in [2.75, 3.05) is 24.2 Å². The van der Waals surface area contributed by atoms with Crippen molar-refractivity contribution in [3.8, 4) is 5.69 Å². The normalized spacial score (nSPS) is 10.7. The molecule has 8 nitrogen and oxygen atoms in total. The molecule has 0 radical (unpaired) electrons. The molecule has 0 fully saturated rings. The molecule has 0 saturated carbocycles. The fourth-order valence-corrected chi connectivity index (χ4v) is 2.96. The molecule has 3 aromatic rings. The van der Waals surface area contributed by atoms with E-state index in [1.807, 2.05) is 71.4 Å². The van der Waals surface area contributed by atoms with Crippen molar-refractivity contribution in [3.63, 3.8) is 0 Å². The topological polar surface area (TPSA) is 96.8 Å². The Morgan fingerprint density at radius 2 is 1.94 bits per heavy atom. The Morgan fingerprint density at radius 3 is 2.50 bits per heavy atom. The van der Waals surface area contributed by atoms with Crippen LogP contribution in [0.15, 0.2) is 61.3 Å². The van der Waals surface area contributed by atoms with Gasteiger partial charge in [0.25, 0.3) is 0 Å². The van der Waals surface area contributed by atoms with Gasteiger partial charge >= 0.3 is 0 Å². The molecule has 0 saturated heterocycles. The lowest BCUT2D eigenvalue weighted by atomic mass is 10.1. The minimum absolute atomic E-state index is 0.143. The van der Waals surface area contributed by atoms with Crippen LogP contribution in [0.2, 0.25) is 0 Å². The Balaban J connectivity index is 0.00000121. The average Bonchev–Trinajstić information content (AvgIpc) is 3.38. The van der Waals surface area contributed by atoms with Crippen molar-refractivity contribution in [2.45, 2.75) is 40.2 Å². The van der Waals surface area contributed by atoms with Crippen LogP contribution >= 0.6 is 0 Å². The van der Waals surface area contributed by atoms with Crippen LogP contribution < -0.4 is 16.0 Å². The summed E-state index contributed by atoms with van der Waals surface area (Å²) in [6.45, 7) is 14.9. The highest BCUT2D eigenvalue weighted by atomic mass is 16.1. The monoisotopic (exact) mass is 437 g/mol. The molecule has 32 heavy (non-hydrogen) atoms. The summed E-state index contributed by atoms with van der Waals surface area (Å²) in [6, 6.07) is 8.16. The number of carbonyl (C=O) groups excluding carboxylic acids is 1. The van der Waals surface area contributed by atoms with Crippen LogP contribution in [0.1, 0.15) is 44.5 Å². The van der Waals surface area contributed by atoms with Crippen LogP contribution in [0.4, 0.5) is 11.5 Å². The van der Waals surface area contributed by atoms with Crippen molar-refractivity contribution in [3.05, 3.63) is 72.6 Å². The van der Waals surface area contributed by atoms with E-state index in [0.29, 0.717) is 6.54 Å². The lowest BCUT2D eigenvalue weighted by Gasteiger charge is -2.19. The molecule has 0 bridgehead atoms. The minimum atomic E-state index is 0.143. The molecule has 3 rings (SSSR count). The third-order valence-corrected chi connectivity index (χ3v) is 4.44. The summed E-state index contributed by atoms with van der Waals surface area (Å²) < 4.78 is 1.80. The van der Waals surface area contributed by atoms with Gasteiger partial charge in [-0.05, 0) is 43.2 Å². The van der Waals surface area contributed by atoms with Crippen molar-refractivity contribution in [2.24, 2.45) is 0 Å². The molecule has 172 valence electrons. The molecular formula is C24H35N7O. The summed E-state index contributed by atoms with van der Waals surface area (Å²) in [4.78, 5) is 17.0. The second kappa shape index (κ2) is 14.5. The lowest BCUT2D eigenvalue weighted by Crippen LogP contribution is -2.26. The summed E-state index contributed by atoms with van der Waals surface area (Å²) >= 11 is 0. The van der Waals surface area contributed by atoms with Crippen molar-refractivity contribution < 1.29 is 4.79 Å². The first-order valence-corrected chi connectivity index (χ1v) is 10.7. The zero-order valence-electron chi connectivity index (χ0n) is 19.7. The number of hydrogen-bond donors (Lipinski definition) is 3. The summed E-state index contributed by atoms with van der Waals surface area (Å²) in [5, 5.41) is 14.2. The molecule has 8 heteroatoms. The zero-order valence-corrected chi connectivity index (χ0v) is 19.7. The van der Waals surface area contributed by atoms with Gasteiger partial charge in [-0.2, -0.15) is 5.10 Å². The highest BCUT2D eigenvalue weighted by molar-refractivity contribution is 5.66. The predicted molar refractivity (Wildman–Crippen MR) is 132 cm³/mol. The van der Waals surface area contributed by atoms with E-state index in [-0.39, 0.29) is 6.04 Å². The summed E-state index contributed by atoms with van der Waals surface area (Å²) in [7, 11) is 1.86. The first-order chi connectivity index (χ1) is 15.6. The van der Waals surface area contributed by atoms with Crippen LogP contribution in [0, 0.1) is 6.92 Å². The van der Waals surface area contributed by atoms with E-state index in [2.05, 4.69) is 50.6 Å². The van der Waals surface area contributed by atoms with Crippen LogP contribution in [0.25, 0.3) is 5.69 Å². The number of hydrogen-bond acceptors (Lipinski definition) is 7. The molecule has 3 heterocycles. The first-order valence-electron chi connectivity index (χ1n) is 10.7.